The molecule has 0 bridgehead atoms. The van der Waals surface area contributed by atoms with Crippen LogP contribution in [-0.4, -0.2) is 33.2 Å². The second-order valence-electron chi connectivity index (χ2n) is 5.24. The lowest BCUT2D eigenvalue weighted by Crippen LogP contribution is -2.40. The molecule has 0 aliphatic carbocycles. The van der Waals surface area contributed by atoms with Crippen LogP contribution in [-0.2, 0) is 14.6 Å². The molecule has 23 heavy (non-hydrogen) atoms. The maximum Gasteiger partial charge on any atom is 0.230 e. The number of carbonyl (C=O) groups is 1. The van der Waals surface area contributed by atoms with Gasteiger partial charge in [0.25, 0.3) is 0 Å². The molecule has 1 heterocycles. The van der Waals surface area contributed by atoms with E-state index in [2.05, 4.69) is 0 Å². The maximum atomic E-state index is 12.4. The first-order valence-corrected chi connectivity index (χ1v) is 9.03. The molecule has 6 heteroatoms. The first-order valence-electron chi connectivity index (χ1n) is 7.38. The maximum absolute atomic E-state index is 12.4. The van der Waals surface area contributed by atoms with E-state index in [-0.39, 0.29) is 36.1 Å². The highest BCUT2D eigenvalue weighted by atomic mass is 32.2. The van der Waals surface area contributed by atoms with Gasteiger partial charge in [0.15, 0.2) is 9.84 Å². The lowest BCUT2D eigenvalue weighted by atomic mass is 10.2. The highest BCUT2D eigenvalue weighted by molar-refractivity contribution is 7.91. The normalized spacial score (nSPS) is 15.7. The molecule has 0 saturated carbocycles. The van der Waals surface area contributed by atoms with Gasteiger partial charge in [0.2, 0.25) is 5.91 Å². The molecule has 2 aromatic carbocycles. The van der Waals surface area contributed by atoms with Crippen molar-refractivity contribution in [3.63, 3.8) is 0 Å². The molecule has 0 saturated heterocycles. The number of nitrogens with zero attached hydrogens (tertiary/aromatic N) is 1. The lowest BCUT2D eigenvalue weighted by Gasteiger charge is -2.29. The van der Waals surface area contributed by atoms with Gasteiger partial charge in [-0.2, -0.15) is 0 Å². The molecule has 0 spiro atoms. The monoisotopic (exact) mass is 331 g/mol. The van der Waals surface area contributed by atoms with Crippen LogP contribution in [0.15, 0.2) is 59.5 Å². The van der Waals surface area contributed by atoms with Crippen LogP contribution >= 0.6 is 0 Å². The predicted molar refractivity (Wildman–Crippen MR) is 87.4 cm³/mol. The molecule has 2 aromatic rings. The van der Waals surface area contributed by atoms with Crippen LogP contribution in [0.5, 0.6) is 5.75 Å². The van der Waals surface area contributed by atoms with Crippen molar-refractivity contribution in [1.29, 1.82) is 0 Å². The second-order valence-corrected chi connectivity index (χ2v) is 7.32. The predicted octanol–water partition coefficient (Wildman–Crippen LogP) is 2.28. The number of amides is 1. The Morgan fingerprint density at radius 1 is 1.04 bits per heavy atom. The molecule has 0 aromatic heterocycles. The third-order valence-corrected chi connectivity index (χ3v) is 5.44. The minimum Gasteiger partial charge on any atom is -0.493 e. The number of para-hydroxylation sites is 2. The summed E-state index contributed by atoms with van der Waals surface area (Å²) in [6, 6.07) is 15.9. The van der Waals surface area contributed by atoms with Crippen molar-refractivity contribution in [2.24, 2.45) is 0 Å². The van der Waals surface area contributed by atoms with E-state index in [1.165, 1.54) is 4.90 Å². The van der Waals surface area contributed by atoms with Crippen LogP contribution in [0.3, 0.4) is 0 Å². The SMILES string of the molecule is O=C(CCOc1ccccc1)N1CCS(=O)(=O)c2ccccc21. The van der Waals surface area contributed by atoms with Crippen molar-refractivity contribution in [2.45, 2.75) is 11.3 Å². The van der Waals surface area contributed by atoms with Crippen LogP contribution in [0.1, 0.15) is 6.42 Å². The van der Waals surface area contributed by atoms with Crippen LogP contribution in [0.25, 0.3) is 0 Å². The van der Waals surface area contributed by atoms with Crippen LogP contribution in [0, 0.1) is 0 Å². The zero-order valence-electron chi connectivity index (χ0n) is 12.5. The molecule has 1 aliphatic rings. The van der Waals surface area contributed by atoms with Crippen LogP contribution in [0.2, 0.25) is 0 Å². The number of anilines is 1. The highest BCUT2D eigenvalue weighted by Gasteiger charge is 2.30. The first kappa shape index (κ1) is 15.6. The Morgan fingerprint density at radius 3 is 2.52 bits per heavy atom. The van der Waals surface area contributed by atoms with E-state index in [0.717, 1.165) is 0 Å². The van der Waals surface area contributed by atoms with Gasteiger partial charge in [-0.3, -0.25) is 4.79 Å². The van der Waals surface area contributed by atoms with Gasteiger partial charge in [0.1, 0.15) is 5.75 Å². The summed E-state index contributed by atoms with van der Waals surface area (Å²) in [5, 5.41) is 0. The standard InChI is InChI=1S/C17H17NO4S/c19-17(10-12-22-14-6-2-1-3-7-14)18-11-13-23(20,21)16-9-5-4-8-15(16)18/h1-9H,10-13H2. The quantitative estimate of drug-likeness (QED) is 0.862. The fourth-order valence-electron chi connectivity index (χ4n) is 2.55. The summed E-state index contributed by atoms with van der Waals surface area (Å²) >= 11 is 0. The lowest BCUT2D eigenvalue weighted by molar-refractivity contribution is -0.119. The number of ether oxygens (including phenoxy) is 1. The van der Waals surface area contributed by atoms with Crippen molar-refractivity contribution in [3.8, 4) is 5.75 Å². The van der Waals surface area contributed by atoms with Crippen LogP contribution < -0.4 is 9.64 Å². The summed E-state index contributed by atoms with van der Waals surface area (Å²) in [5.74, 6) is 0.528. The average Bonchev–Trinajstić information content (AvgIpc) is 2.56. The van der Waals surface area contributed by atoms with Crippen molar-refractivity contribution in [1.82, 2.24) is 0 Å². The molecule has 120 valence electrons. The zero-order chi connectivity index (χ0) is 16.3. The summed E-state index contributed by atoms with van der Waals surface area (Å²) in [6.07, 6.45) is 0.198. The molecule has 0 unspecified atom stereocenters. The van der Waals surface area contributed by atoms with Crippen molar-refractivity contribution in [3.05, 3.63) is 54.6 Å². The first-order chi connectivity index (χ1) is 11.1. The number of hydrogen-bond donors (Lipinski definition) is 0. The fourth-order valence-corrected chi connectivity index (χ4v) is 3.98. The Hall–Kier alpha value is -2.34. The number of sulfone groups is 1. The smallest absolute Gasteiger partial charge is 0.230 e. The molecular weight excluding hydrogens is 314 g/mol. The summed E-state index contributed by atoms with van der Waals surface area (Å²) in [5.41, 5.74) is 0.462. The van der Waals surface area contributed by atoms with E-state index >= 15 is 0 Å². The molecular formula is C17H17NO4S. The van der Waals surface area contributed by atoms with E-state index in [4.69, 9.17) is 4.74 Å². The largest absolute Gasteiger partial charge is 0.493 e. The van der Waals surface area contributed by atoms with Gasteiger partial charge in [-0.15, -0.1) is 0 Å². The van der Waals surface area contributed by atoms with Gasteiger partial charge in [0, 0.05) is 6.54 Å². The second kappa shape index (κ2) is 6.42. The minimum absolute atomic E-state index is 0.0463. The van der Waals surface area contributed by atoms with Gasteiger partial charge in [-0.05, 0) is 24.3 Å². The summed E-state index contributed by atoms with van der Waals surface area (Å²) in [4.78, 5) is 14.2. The Morgan fingerprint density at radius 2 is 1.74 bits per heavy atom. The van der Waals surface area contributed by atoms with Gasteiger partial charge in [0.05, 0.1) is 29.4 Å². The molecule has 3 rings (SSSR count). The van der Waals surface area contributed by atoms with Crippen molar-refractivity contribution in [2.75, 3.05) is 23.8 Å². The van der Waals surface area contributed by atoms with Crippen molar-refractivity contribution >= 4 is 21.4 Å². The summed E-state index contributed by atoms with van der Waals surface area (Å²) < 4.78 is 29.7. The highest BCUT2D eigenvalue weighted by Crippen LogP contribution is 2.30. The molecule has 0 radical (unpaired) electrons. The van der Waals surface area contributed by atoms with E-state index < -0.39 is 9.84 Å². The molecule has 0 fully saturated rings. The Labute approximate surface area is 135 Å². The topological polar surface area (TPSA) is 63.7 Å². The van der Waals surface area contributed by atoms with E-state index in [0.29, 0.717) is 11.4 Å². The van der Waals surface area contributed by atoms with Crippen molar-refractivity contribution < 1.29 is 17.9 Å². The number of benzene rings is 2. The number of hydrogen-bond acceptors (Lipinski definition) is 4. The molecule has 1 aliphatic heterocycles. The zero-order valence-corrected chi connectivity index (χ0v) is 13.3. The molecule has 0 N–H and O–H groups in total. The van der Waals surface area contributed by atoms with E-state index in [9.17, 15) is 13.2 Å². The van der Waals surface area contributed by atoms with Gasteiger partial charge in [-0.1, -0.05) is 30.3 Å². The van der Waals surface area contributed by atoms with Crippen LogP contribution in [0.4, 0.5) is 5.69 Å². The Bertz CT molecular complexity index is 802. The summed E-state index contributed by atoms with van der Waals surface area (Å²) in [6.45, 7) is 0.442. The van der Waals surface area contributed by atoms with E-state index in [1.807, 2.05) is 30.3 Å². The van der Waals surface area contributed by atoms with E-state index in [1.54, 1.807) is 24.3 Å². The van der Waals surface area contributed by atoms with Gasteiger partial charge in [-0.25, -0.2) is 8.42 Å². The Balaban J connectivity index is 1.69. The average molecular weight is 331 g/mol. The number of carbonyl (C=O) groups excluding carboxylic acids is 1. The van der Waals surface area contributed by atoms with Gasteiger partial charge < -0.3 is 9.64 Å². The molecule has 0 atom stereocenters. The molecule has 1 amide bonds. The summed E-state index contributed by atoms with van der Waals surface area (Å²) in [7, 11) is -3.30. The Kier molecular flexibility index (Phi) is 4.34. The minimum atomic E-state index is -3.30. The third-order valence-electron chi connectivity index (χ3n) is 3.70. The number of rotatable bonds is 4. The number of fused-ring (bicyclic) bond motifs is 1. The third kappa shape index (κ3) is 3.37. The van der Waals surface area contributed by atoms with Gasteiger partial charge >= 0.3 is 0 Å². The fraction of sp³-hybridized carbons (Fsp3) is 0.235. The molecule has 5 nitrogen and oxygen atoms in total.